The number of rotatable bonds is 20. The zero-order valence-corrected chi connectivity index (χ0v) is 29.9. The van der Waals surface area contributed by atoms with Gasteiger partial charge in [0.2, 0.25) is 5.91 Å². The molecule has 0 radical (unpaired) electrons. The first kappa shape index (κ1) is 38.4. The third-order valence-electron chi connectivity index (χ3n) is 9.40. The van der Waals surface area contributed by atoms with Crippen LogP contribution in [0.3, 0.4) is 0 Å². The summed E-state index contributed by atoms with van der Waals surface area (Å²) in [6.45, 7) is 1.55. The van der Waals surface area contributed by atoms with E-state index in [0.717, 1.165) is 59.3 Å². The van der Waals surface area contributed by atoms with E-state index in [4.69, 9.17) is 37.8 Å². The molecule has 0 aliphatic heterocycles. The number of aliphatic hydroxyl groups excluding tert-OH is 5. The van der Waals surface area contributed by atoms with Gasteiger partial charge in [-0.15, -0.1) is 0 Å². The molecule has 1 amide bonds. The van der Waals surface area contributed by atoms with E-state index >= 15 is 0 Å². The van der Waals surface area contributed by atoms with Gasteiger partial charge in [0.1, 0.15) is 30.2 Å². The van der Waals surface area contributed by atoms with Gasteiger partial charge >= 0.3 is 0 Å². The van der Waals surface area contributed by atoms with Crippen LogP contribution in [0.4, 0.5) is 0 Å². The molecular weight excluding hydrogens is 683 g/mol. The Labute approximate surface area is 303 Å². The zero-order valence-electron chi connectivity index (χ0n) is 28.4. The molecule has 0 bridgehead atoms. The van der Waals surface area contributed by atoms with Crippen LogP contribution in [0.5, 0.6) is 5.75 Å². The van der Waals surface area contributed by atoms with E-state index in [1.165, 1.54) is 4.90 Å². The van der Waals surface area contributed by atoms with Crippen LogP contribution in [0, 0.1) is 0 Å². The maximum absolute atomic E-state index is 13.0. The number of pyridine rings is 1. The monoisotopic (exact) mass is 730 g/mol. The van der Waals surface area contributed by atoms with E-state index in [1.807, 2.05) is 49.5 Å². The first-order valence-corrected chi connectivity index (χ1v) is 18.2. The number of benzene rings is 2. The average Bonchev–Trinajstić information content (AvgIpc) is 4.07. The predicted molar refractivity (Wildman–Crippen MR) is 191 cm³/mol. The minimum Gasteiger partial charge on any atom is -0.490 e. The molecule has 2 aromatic carbocycles. The predicted octanol–water partition coefficient (Wildman–Crippen LogP) is 5.19. The van der Waals surface area contributed by atoms with Gasteiger partial charge in [-0.1, -0.05) is 48.3 Å². The lowest BCUT2D eigenvalue weighted by Gasteiger charge is -2.30. The lowest BCUT2D eigenvalue weighted by molar-refractivity contribution is -0.139. The number of hydrogen-bond acceptors (Lipinski definition) is 9. The molecule has 0 spiro atoms. The lowest BCUT2D eigenvalue weighted by Crippen LogP contribution is -2.50. The highest BCUT2D eigenvalue weighted by atomic mass is 35.5. The number of para-hydroxylation sites is 1. The number of nitrogens with zero attached hydrogens (tertiary/aromatic N) is 2. The number of aryl methyl sites for hydroxylation is 1. The Balaban J connectivity index is 1.15. The molecule has 3 aromatic rings. The zero-order chi connectivity index (χ0) is 35.8. The molecule has 12 heteroatoms. The fourth-order valence-corrected chi connectivity index (χ4v) is 6.66. The number of ether oxygens (including phenoxy) is 2. The van der Waals surface area contributed by atoms with Crippen molar-refractivity contribution in [2.75, 3.05) is 19.7 Å². The van der Waals surface area contributed by atoms with Gasteiger partial charge in [0, 0.05) is 53.1 Å². The molecule has 2 aliphatic carbocycles. The molecule has 2 saturated carbocycles. The van der Waals surface area contributed by atoms with Crippen molar-refractivity contribution < 1.29 is 39.8 Å². The number of hydrogen-bond donors (Lipinski definition) is 5. The Morgan fingerprint density at radius 3 is 2.38 bits per heavy atom. The van der Waals surface area contributed by atoms with Crippen LogP contribution in [0.15, 0.2) is 54.9 Å². The summed E-state index contributed by atoms with van der Waals surface area (Å²) in [7, 11) is 0. The van der Waals surface area contributed by atoms with Crippen molar-refractivity contribution in [3.63, 3.8) is 0 Å². The molecule has 10 nitrogen and oxygen atoms in total. The fraction of sp³-hybridized carbons (Fsp3) is 0.526. The number of amides is 1. The number of halogens is 2. The van der Waals surface area contributed by atoms with E-state index in [0.29, 0.717) is 42.3 Å². The summed E-state index contributed by atoms with van der Waals surface area (Å²) in [5.41, 5.74) is 4.30. The number of carbonyl (C=O) groups is 1. The Bertz CT molecular complexity index is 1580. The Morgan fingerprint density at radius 2 is 1.68 bits per heavy atom. The van der Waals surface area contributed by atoms with Crippen molar-refractivity contribution in [2.45, 2.75) is 107 Å². The quantitative estimate of drug-likeness (QED) is 0.0990. The molecule has 1 heterocycles. The molecule has 4 unspecified atom stereocenters. The van der Waals surface area contributed by atoms with Crippen LogP contribution in [-0.4, -0.2) is 91.5 Å². The molecular formula is C38H48Cl2N2O8. The maximum Gasteiger partial charge on any atom is 0.222 e. The highest BCUT2D eigenvalue weighted by molar-refractivity contribution is 6.34. The Kier molecular flexibility index (Phi) is 13.5. The minimum atomic E-state index is -1.74. The van der Waals surface area contributed by atoms with E-state index in [1.54, 1.807) is 6.20 Å². The maximum atomic E-state index is 13.0. The van der Waals surface area contributed by atoms with E-state index in [2.05, 4.69) is 11.1 Å². The minimum absolute atomic E-state index is 0.198. The van der Waals surface area contributed by atoms with Gasteiger partial charge < -0.3 is 39.9 Å². The van der Waals surface area contributed by atoms with Crippen molar-refractivity contribution in [1.82, 2.24) is 9.88 Å². The van der Waals surface area contributed by atoms with Crippen molar-refractivity contribution in [1.29, 1.82) is 0 Å². The van der Waals surface area contributed by atoms with E-state index in [9.17, 15) is 25.2 Å². The third-order valence-corrected chi connectivity index (χ3v) is 10.1. The van der Waals surface area contributed by atoms with Crippen LogP contribution in [0.25, 0.3) is 11.1 Å². The summed E-state index contributed by atoms with van der Waals surface area (Å²) in [5, 5.41) is 50.2. The standard InChI is InChI=1S/C38H48Cl2N2O8/c1-2-17-42(21-32(44)36(47)37(48)33(45)22-43)35(46)10-6-3-7-24-18-31(40)25(19-30(24)39)23-49-38(14-15-38)29-20-41-16-13-27(29)28-8-4-5-9-34(28)50-26-11-12-26/h4-5,8-9,13,16,18-20,26,32-33,36-37,43-45,47-48H,2-3,6-7,10-12,14-15,17,21-23H2,1H3. The molecule has 1 aromatic heterocycles. The number of carbonyl (C=O) groups excluding carboxylic acids is 1. The second-order valence-electron chi connectivity index (χ2n) is 13.4. The van der Waals surface area contributed by atoms with Crippen molar-refractivity contribution in [3.05, 3.63) is 81.6 Å². The summed E-state index contributed by atoms with van der Waals surface area (Å²) >= 11 is 13.5. The summed E-state index contributed by atoms with van der Waals surface area (Å²) in [4.78, 5) is 18.8. The molecule has 2 fully saturated rings. The summed E-state index contributed by atoms with van der Waals surface area (Å²) < 4.78 is 12.8. The third kappa shape index (κ3) is 9.74. The summed E-state index contributed by atoms with van der Waals surface area (Å²) in [6, 6.07) is 13.8. The van der Waals surface area contributed by atoms with E-state index < -0.39 is 36.6 Å². The second kappa shape index (κ2) is 17.6. The van der Waals surface area contributed by atoms with Crippen LogP contribution in [0.2, 0.25) is 10.0 Å². The molecule has 2 aliphatic rings. The first-order valence-electron chi connectivity index (χ1n) is 17.5. The SMILES string of the molecule is CCCN(CC(O)C(O)C(O)C(O)CO)C(=O)CCCCc1cc(Cl)c(COC2(c3cnccc3-c3ccccc3OC3CC3)CC2)cc1Cl. The number of aromatic nitrogens is 1. The number of aliphatic hydroxyl groups is 5. The highest BCUT2D eigenvalue weighted by Gasteiger charge is 2.48. The van der Waals surface area contributed by atoms with Crippen LogP contribution in [0.1, 0.15) is 75.0 Å². The smallest absolute Gasteiger partial charge is 0.222 e. The Morgan fingerprint density at radius 1 is 0.980 bits per heavy atom. The highest BCUT2D eigenvalue weighted by Crippen LogP contribution is 2.53. The van der Waals surface area contributed by atoms with Gasteiger partial charge in [-0.25, -0.2) is 0 Å². The number of unbranched alkanes of at least 4 members (excludes halogenated alkanes) is 1. The normalized spacial score (nSPS) is 17.5. The molecule has 0 saturated heterocycles. The molecule has 272 valence electrons. The van der Waals surface area contributed by atoms with Gasteiger partial charge in [0.25, 0.3) is 0 Å². The largest absolute Gasteiger partial charge is 0.490 e. The molecule has 50 heavy (non-hydrogen) atoms. The summed E-state index contributed by atoms with van der Waals surface area (Å²) in [5.74, 6) is 0.675. The van der Waals surface area contributed by atoms with Crippen LogP contribution >= 0.6 is 23.2 Å². The Hall–Kier alpha value is -2.80. The van der Waals surface area contributed by atoms with Crippen LogP contribution < -0.4 is 4.74 Å². The fourth-order valence-electron chi connectivity index (χ4n) is 6.14. The van der Waals surface area contributed by atoms with Gasteiger partial charge in [-0.2, -0.15) is 0 Å². The van der Waals surface area contributed by atoms with Crippen molar-refractivity contribution in [3.8, 4) is 16.9 Å². The van der Waals surface area contributed by atoms with Crippen molar-refractivity contribution >= 4 is 29.1 Å². The topological polar surface area (TPSA) is 153 Å². The average molecular weight is 732 g/mol. The van der Waals surface area contributed by atoms with Gasteiger partial charge in [0.05, 0.1) is 24.9 Å². The second-order valence-corrected chi connectivity index (χ2v) is 14.2. The van der Waals surface area contributed by atoms with Crippen molar-refractivity contribution in [2.24, 2.45) is 0 Å². The van der Waals surface area contributed by atoms with Gasteiger partial charge in [-0.3, -0.25) is 9.78 Å². The molecule has 4 atom stereocenters. The van der Waals surface area contributed by atoms with E-state index in [-0.39, 0.29) is 31.6 Å². The first-order chi connectivity index (χ1) is 24.1. The van der Waals surface area contributed by atoms with Gasteiger partial charge in [-0.05, 0) is 92.3 Å². The van der Waals surface area contributed by atoms with Gasteiger partial charge in [0.15, 0.2) is 0 Å². The lowest BCUT2D eigenvalue weighted by atomic mass is 9.96. The van der Waals surface area contributed by atoms with Crippen LogP contribution in [-0.2, 0) is 28.2 Å². The molecule has 5 N–H and O–H groups in total. The molecule has 5 rings (SSSR count). The summed E-state index contributed by atoms with van der Waals surface area (Å²) in [6.07, 6.45) is 3.99.